The normalized spacial score (nSPS) is 12.7. The third-order valence-corrected chi connectivity index (χ3v) is 3.84. The second kappa shape index (κ2) is 5.76. The van der Waals surface area contributed by atoms with Gasteiger partial charge in [-0.25, -0.2) is 14.2 Å². The van der Waals surface area contributed by atoms with Crippen molar-refractivity contribution in [3.63, 3.8) is 0 Å². The lowest BCUT2D eigenvalue weighted by Gasteiger charge is -2.17. The highest BCUT2D eigenvalue weighted by Crippen LogP contribution is 2.29. The molecular weight excluding hydrogens is 294 g/mol. The van der Waals surface area contributed by atoms with Crippen LogP contribution in [0.25, 0.3) is 21.8 Å². The Morgan fingerprint density at radius 3 is 1.87 bits per heavy atom. The summed E-state index contributed by atoms with van der Waals surface area (Å²) in [5, 5.41) is 11.1. The van der Waals surface area contributed by atoms with Crippen LogP contribution in [0.4, 0.5) is 4.79 Å². The van der Waals surface area contributed by atoms with Crippen LogP contribution in [0.5, 0.6) is 0 Å². The van der Waals surface area contributed by atoms with Crippen molar-refractivity contribution in [3.05, 3.63) is 48.5 Å². The van der Waals surface area contributed by atoms with Crippen LogP contribution in [0, 0.1) is 5.92 Å². The van der Waals surface area contributed by atoms with E-state index in [1.54, 1.807) is 13.8 Å². The summed E-state index contributed by atoms with van der Waals surface area (Å²) < 4.78 is 6.69. The van der Waals surface area contributed by atoms with Crippen LogP contribution in [-0.4, -0.2) is 27.8 Å². The van der Waals surface area contributed by atoms with E-state index in [1.807, 2.05) is 48.5 Å². The Labute approximate surface area is 133 Å². The van der Waals surface area contributed by atoms with Gasteiger partial charge in [-0.15, -0.1) is 0 Å². The van der Waals surface area contributed by atoms with E-state index in [0.717, 1.165) is 10.8 Å². The standard InChI is InChI=1S/C18H17NO4/c1-11(2)16(17(20)21)23-18(22)19-14-9-5-3-7-12(14)13-8-4-6-10-15(13)19/h3-11,16H,1-2H3,(H,20,21)/t16-/m0/s1. The topological polar surface area (TPSA) is 68.5 Å². The van der Waals surface area contributed by atoms with E-state index in [-0.39, 0.29) is 5.92 Å². The predicted octanol–water partition coefficient (Wildman–Crippen LogP) is 3.89. The second-order valence-electron chi connectivity index (χ2n) is 5.76. The van der Waals surface area contributed by atoms with Gasteiger partial charge in [0.1, 0.15) is 0 Å². The van der Waals surface area contributed by atoms with Gasteiger partial charge in [0, 0.05) is 16.7 Å². The number of carbonyl (C=O) groups excluding carboxylic acids is 1. The second-order valence-corrected chi connectivity index (χ2v) is 5.76. The molecule has 3 aromatic rings. The molecule has 0 bridgehead atoms. The van der Waals surface area contributed by atoms with Gasteiger partial charge in [-0.2, -0.15) is 0 Å². The highest BCUT2D eigenvalue weighted by atomic mass is 16.6. The number of fused-ring (bicyclic) bond motifs is 3. The van der Waals surface area contributed by atoms with E-state index in [4.69, 9.17) is 4.74 Å². The molecule has 5 heteroatoms. The highest BCUT2D eigenvalue weighted by molar-refractivity contribution is 6.12. The van der Waals surface area contributed by atoms with Crippen LogP contribution < -0.4 is 0 Å². The molecule has 118 valence electrons. The Morgan fingerprint density at radius 2 is 1.43 bits per heavy atom. The molecule has 5 nitrogen and oxygen atoms in total. The zero-order chi connectivity index (χ0) is 16.6. The van der Waals surface area contributed by atoms with E-state index < -0.39 is 18.2 Å². The Bertz CT molecular complexity index is 841. The van der Waals surface area contributed by atoms with Crippen molar-refractivity contribution in [2.45, 2.75) is 20.0 Å². The average Bonchev–Trinajstić information content (AvgIpc) is 2.86. The minimum Gasteiger partial charge on any atom is -0.478 e. The van der Waals surface area contributed by atoms with Crippen LogP contribution in [0.3, 0.4) is 0 Å². The summed E-state index contributed by atoms with van der Waals surface area (Å²) >= 11 is 0. The molecule has 1 N–H and O–H groups in total. The molecule has 0 saturated carbocycles. The maximum atomic E-state index is 12.6. The molecule has 0 radical (unpaired) electrons. The summed E-state index contributed by atoms with van der Waals surface area (Å²) in [6.07, 6.45) is -1.86. The van der Waals surface area contributed by atoms with Crippen molar-refractivity contribution in [2.24, 2.45) is 5.92 Å². The molecule has 0 aliphatic heterocycles. The smallest absolute Gasteiger partial charge is 0.419 e. The average molecular weight is 311 g/mol. The Morgan fingerprint density at radius 1 is 0.957 bits per heavy atom. The summed E-state index contributed by atoms with van der Waals surface area (Å²) in [4.78, 5) is 23.9. The first-order valence-corrected chi connectivity index (χ1v) is 7.42. The molecule has 1 aromatic heterocycles. The Hall–Kier alpha value is -2.82. The number of nitrogens with zero attached hydrogens (tertiary/aromatic N) is 1. The number of rotatable bonds is 3. The van der Waals surface area contributed by atoms with Crippen molar-refractivity contribution in [2.75, 3.05) is 0 Å². The van der Waals surface area contributed by atoms with Gasteiger partial charge in [0.2, 0.25) is 6.10 Å². The summed E-state index contributed by atoms with van der Waals surface area (Å²) in [7, 11) is 0. The summed E-state index contributed by atoms with van der Waals surface area (Å²) in [5.41, 5.74) is 1.40. The van der Waals surface area contributed by atoms with Gasteiger partial charge in [-0.05, 0) is 12.1 Å². The molecule has 1 heterocycles. The summed E-state index contributed by atoms with van der Waals surface area (Å²) in [6.45, 7) is 3.41. The highest BCUT2D eigenvalue weighted by Gasteiger charge is 2.28. The molecule has 0 saturated heterocycles. The van der Waals surface area contributed by atoms with Crippen molar-refractivity contribution in [3.8, 4) is 0 Å². The molecule has 1 atom stereocenters. The van der Waals surface area contributed by atoms with Crippen molar-refractivity contribution in [1.82, 2.24) is 4.57 Å². The molecule has 0 fully saturated rings. The lowest BCUT2D eigenvalue weighted by molar-refractivity contribution is -0.149. The lowest BCUT2D eigenvalue weighted by Crippen LogP contribution is -2.33. The van der Waals surface area contributed by atoms with E-state index in [2.05, 4.69) is 0 Å². The minimum absolute atomic E-state index is 0.315. The quantitative estimate of drug-likeness (QED) is 0.797. The van der Waals surface area contributed by atoms with Gasteiger partial charge in [-0.1, -0.05) is 50.2 Å². The van der Waals surface area contributed by atoms with Gasteiger partial charge in [-0.3, -0.25) is 0 Å². The SMILES string of the molecule is CC(C)[C@H](OC(=O)n1c2ccccc2c2ccccc21)C(=O)O. The van der Waals surface area contributed by atoms with E-state index in [0.29, 0.717) is 11.0 Å². The molecule has 0 aliphatic carbocycles. The Kier molecular flexibility index (Phi) is 3.78. The number of carboxylic acid groups (broad SMARTS) is 1. The number of carboxylic acids is 1. The van der Waals surface area contributed by atoms with Crippen molar-refractivity contribution in [1.29, 1.82) is 0 Å². The molecule has 0 aliphatic rings. The minimum atomic E-state index is -1.18. The molecular formula is C18H17NO4. The summed E-state index contributed by atoms with van der Waals surface area (Å²) in [5.74, 6) is -1.46. The van der Waals surface area contributed by atoms with Crippen molar-refractivity contribution >= 4 is 33.9 Å². The van der Waals surface area contributed by atoms with Crippen LogP contribution in [0.2, 0.25) is 0 Å². The maximum absolute atomic E-state index is 12.6. The number of hydrogen-bond donors (Lipinski definition) is 1. The van der Waals surface area contributed by atoms with Gasteiger partial charge < -0.3 is 9.84 Å². The molecule has 2 aromatic carbocycles. The Balaban J connectivity index is 2.14. The van der Waals surface area contributed by atoms with Gasteiger partial charge in [0.15, 0.2) is 0 Å². The predicted molar refractivity (Wildman–Crippen MR) is 87.6 cm³/mol. The first kappa shape index (κ1) is 15.1. The van der Waals surface area contributed by atoms with Crippen LogP contribution in [0.1, 0.15) is 13.8 Å². The molecule has 0 unspecified atom stereocenters. The van der Waals surface area contributed by atoms with E-state index >= 15 is 0 Å². The van der Waals surface area contributed by atoms with Crippen LogP contribution >= 0.6 is 0 Å². The monoisotopic (exact) mass is 311 g/mol. The fourth-order valence-electron chi connectivity index (χ4n) is 2.75. The maximum Gasteiger partial charge on any atom is 0.419 e. The van der Waals surface area contributed by atoms with E-state index in [1.165, 1.54) is 4.57 Å². The zero-order valence-electron chi connectivity index (χ0n) is 12.9. The molecule has 0 spiro atoms. The van der Waals surface area contributed by atoms with Gasteiger partial charge in [0.25, 0.3) is 0 Å². The van der Waals surface area contributed by atoms with Crippen LogP contribution in [-0.2, 0) is 9.53 Å². The van der Waals surface area contributed by atoms with Gasteiger partial charge in [0.05, 0.1) is 11.0 Å². The first-order valence-electron chi connectivity index (χ1n) is 7.42. The number of aromatic nitrogens is 1. The third kappa shape index (κ3) is 2.54. The van der Waals surface area contributed by atoms with Crippen molar-refractivity contribution < 1.29 is 19.4 Å². The largest absolute Gasteiger partial charge is 0.478 e. The fourth-order valence-corrected chi connectivity index (χ4v) is 2.75. The number of benzene rings is 2. The number of carbonyl (C=O) groups is 2. The third-order valence-electron chi connectivity index (χ3n) is 3.84. The number of aliphatic carboxylic acids is 1. The number of hydrogen-bond acceptors (Lipinski definition) is 3. The van der Waals surface area contributed by atoms with Gasteiger partial charge >= 0.3 is 12.1 Å². The molecule has 23 heavy (non-hydrogen) atoms. The fraction of sp³-hybridized carbons (Fsp3) is 0.222. The van der Waals surface area contributed by atoms with Crippen LogP contribution in [0.15, 0.2) is 48.5 Å². The molecule has 0 amide bonds. The van der Waals surface area contributed by atoms with E-state index in [9.17, 15) is 14.7 Å². The lowest BCUT2D eigenvalue weighted by atomic mass is 10.1. The zero-order valence-corrected chi connectivity index (χ0v) is 12.9. The molecule has 3 rings (SSSR count). The number of para-hydroxylation sites is 2. The summed E-state index contributed by atoms with van der Waals surface area (Å²) in [6, 6.07) is 15.0. The first-order chi connectivity index (χ1) is 11.0. The number of ether oxygens (including phenoxy) is 1.